The van der Waals surface area contributed by atoms with Gasteiger partial charge in [-0.1, -0.05) is 36.2 Å². The van der Waals surface area contributed by atoms with Crippen LogP contribution in [0.2, 0.25) is 0 Å². The maximum atomic E-state index is 14.9. The van der Waals surface area contributed by atoms with Crippen LogP contribution < -0.4 is 14.2 Å². The van der Waals surface area contributed by atoms with Gasteiger partial charge in [-0.05, 0) is 79.2 Å². The molecule has 0 spiro atoms. The number of methoxy groups -OCH3 is 1. The van der Waals surface area contributed by atoms with Crippen LogP contribution in [0.5, 0.6) is 17.2 Å². The van der Waals surface area contributed by atoms with Gasteiger partial charge in [-0.15, -0.1) is 0 Å². The number of rotatable bonds is 17. The van der Waals surface area contributed by atoms with E-state index < -0.39 is 59.0 Å². The number of aryl methyl sites for hydroxylation is 2. The zero-order chi connectivity index (χ0) is 38.7. The number of Topliss-reactive ketones (excluding diaryl/α,β-unsaturated/α-hetero) is 1. The third kappa shape index (κ3) is 10.3. The number of nitro groups is 1. The van der Waals surface area contributed by atoms with E-state index in [1.165, 1.54) is 18.1 Å². The molecule has 280 valence electrons. The first kappa shape index (κ1) is 41.0. The Morgan fingerprint density at radius 2 is 1.38 bits per heavy atom. The predicted molar refractivity (Wildman–Crippen MR) is 193 cm³/mol. The highest BCUT2D eigenvalue weighted by molar-refractivity contribution is 6.06. The fourth-order valence-electron chi connectivity index (χ4n) is 6.02. The summed E-state index contributed by atoms with van der Waals surface area (Å²) < 4.78 is 26.8. The molecule has 0 heterocycles. The Morgan fingerprint density at radius 3 is 1.87 bits per heavy atom. The number of ether oxygens (including phenoxy) is 5. The molecule has 3 aromatic carbocycles. The Labute approximate surface area is 304 Å². The topological polar surface area (TPSA) is 161 Å². The Morgan fingerprint density at radius 1 is 0.827 bits per heavy atom. The molecule has 0 aliphatic rings. The molecule has 3 rings (SSSR count). The molecule has 1 atom stereocenters. The van der Waals surface area contributed by atoms with E-state index >= 15 is 0 Å². The first-order valence-electron chi connectivity index (χ1n) is 17.1. The second-order valence-corrected chi connectivity index (χ2v) is 13.0. The minimum atomic E-state index is -1.28. The lowest BCUT2D eigenvalue weighted by Crippen LogP contribution is -2.55. The van der Waals surface area contributed by atoms with Crippen LogP contribution in [0.3, 0.4) is 0 Å². The summed E-state index contributed by atoms with van der Waals surface area (Å²) in [4.78, 5) is 67.4. The molecular formula is C39H48N2O11. The van der Waals surface area contributed by atoms with Crippen molar-refractivity contribution in [1.29, 1.82) is 0 Å². The van der Waals surface area contributed by atoms with E-state index in [1.54, 1.807) is 65.0 Å². The maximum Gasteiger partial charge on any atom is 0.344 e. The molecule has 0 bridgehead atoms. The number of ketones is 1. The zero-order valence-corrected chi connectivity index (χ0v) is 31.3. The van der Waals surface area contributed by atoms with Gasteiger partial charge in [0.2, 0.25) is 0 Å². The van der Waals surface area contributed by atoms with Crippen molar-refractivity contribution in [3.05, 3.63) is 92.0 Å². The Bertz CT molecular complexity index is 1780. The van der Waals surface area contributed by atoms with Crippen molar-refractivity contribution >= 4 is 29.3 Å². The number of nitrogens with zero attached hydrogens (tertiary/aromatic N) is 2. The highest BCUT2D eigenvalue weighted by Gasteiger charge is 2.40. The molecule has 13 nitrogen and oxygen atoms in total. The minimum Gasteiger partial charge on any atom is -0.496 e. The van der Waals surface area contributed by atoms with Crippen LogP contribution in [0.25, 0.3) is 0 Å². The number of carbonyl (C=O) groups excluding carboxylic acids is 4. The van der Waals surface area contributed by atoms with Gasteiger partial charge in [0.15, 0.2) is 30.5 Å². The average molecular weight is 721 g/mol. The SMILES string of the molecule is CCOC(=O)COc1cc(CC(C(=O)c2cccc(OC)c2CC)N(C(=O)c2cc(C)cc(C)c2)C(C)(C)C)c([N+](=O)[O-])cc1OCC(=O)OCC. The molecule has 0 radical (unpaired) electrons. The van der Waals surface area contributed by atoms with Gasteiger partial charge in [0.1, 0.15) is 11.8 Å². The fraction of sp³-hybridized carbons (Fsp3) is 0.436. The number of nitro benzene ring substituents is 1. The maximum absolute atomic E-state index is 14.9. The van der Waals surface area contributed by atoms with Gasteiger partial charge in [0, 0.05) is 34.2 Å². The molecule has 3 aromatic rings. The summed E-state index contributed by atoms with van der Waals surface area (Å²) in [7, 11) is 1.50. The molecular weight excluding hydrogens is 672 g/mol. The van der Waals surface area contributed by atoms with Crippen molar-refractivity contribution in [3.63, 3.8) is 0 Å². The number of amides is 1. The summed E-state index contributed by atoms with van der Waals surface area (Å²) in [5.74, 6) is -2.21. The first-order valence-corrected chi connectivity index (χ1v) is 17.1. The van der Waals surface area contributed by atoms with Crippen molar-refractivity contribution in [2.75, 3.05) is 33.5 Å². The number of benzene rings is 3. The monoisotopic (exact) mass is 720 g/mol. The van der Waals surface area contributed by atoms with Crippen molar-refractivity contribution in [2.24, 2.45) is 0 Å². The van der Waals surface area contributed by atoms with Gasteiger partial charge in [0.05, 0.1) is 31.3 Å². The zero-order valence-electron chi connectivity index (χ0n) is 31.3. The van der Waals surface area contributed by atoms with E-state index in [1.807, 2.05) is 26.8 Å². The Balaban J connectivity index is 2.32. The van der Waals surface area contributed by atoms with Crippen molar-refractivity contribution < 1.29 is 47.8 Å². The van der Waals surface area contributed by atoms with Gasteiger partial charge in [-0.25, -0.2) is 9.59 Å². The summed E-state index contributed by atoms with van der Waals surface area (Å²) in [5.41, 5.74) is 1.53. The smallest absolute Gasteiger partial charge is 0.344 e. The second-order valence-electron chi connectivity index (χ2n) is 13.0. The largest absolute Gasteiger partial charge is 0.496 e. The predicted octanol–water partition coefficient (Wildman–Crippen LogP) is 6.40. The van der Waals surface area contributed by atoms with Gasteiger partial charge < -0.3 is 28.6 Å². The quantitative estimate of drug-likeness (QED) is 0.0657. The van der Waals surface area contributed by atoms with Crippen molar-refractivity contribution in [1.82, 2.24) is 4.90 Å². The van der Waals surface area contributed by atoms with Crippen molar-refractivity contribution in [2.45, 2.75) is 79.8 Å². The van der Waals surface area contributed by atoms with E-state index in [9.17, 15) is 29.3 Å². The average Bonchev–Trinajstić information content (AvgIpc) is 3.08. The number of hydrogen-bond acceptors (Lipinski definition) is 11. The van der Waals surface area contributed by atoms with Crippen LogP contribution in [-0.4, -0.2) is 78.6 Å². The van der Waals surface area contributed by atoms with Gasteiger partial charge in [0.25, 0.3) is 11.6 Å². The fourth-order valence-corrected chi connectivity index (χ4v) is 6.02. The van der Waals surface area contributed by atoms with Crippen LogP contribution in [-0.2, 0) is 31.9 Å². The molecule has 0 N–H and O–H groups in total. The molecule has 0 aliphatic carbocycles. The van der Waals surface area contributed by atoms with E-state index in [-0.39, 0.29) is 36.7 Å². The summed E-state index contributed by atoms with van der Waals surface area (Å²) in [6.45, 7) is 13.2. The van der Waals surface area contributed by atoms with Gasteiger partial charge >= 0.3 is 11.9 Å². The van der Waals surface area contributed by atoms with Crippen LogP contribution >= 0.6 is 0 Å². The Hall–Kier alpha value is -5.46. The number of carbonyl (C=O) groups is 4. The molecule has 0 fully saturated rings. The van der Waals surface area contributed by atoms with Crippen molar-refractivity contribution in [3.8, 4) is 17.2 Å². The van der Waals surface area contributed by atoms with Gasteiger partial charge in [-0.2, -0.15) is 0 Å². The van der Waals surface area contributed by atoms with E-state index in [4.69, 9.17) is 23.7 Å². The van der Waals surface area contributed by atoms with Crippen LogP contribution in [0.4, 0.5) is 5.69 Å². The standard InChI is InChI=1S/C39H48N2O11/c1-10-28-29(14-13-15-32(28)48-9)37(44)31(40(39(6,7)8)38(45)27-17-24(4)16-25(5)18-27)19-26-20-33(51-22-35(42)49-11-2)34(21-30(26)41(46)47)52-23-36(43)50-12-3/h13-18,20-21,31H,10-12,19,22-23H2,1-9H3. The normalized spacial score (nSPS) is 11.6. The molecule has 0 aliphatic heterocycles. The number of esters is 2. The molecule has 52 heavy (non-hydrogen) atoms. The van der Waals surface area contributed by atoms with E-state index in [2.05, 4.69) is 0 Å². The molecule has 1 unspecified atom stereocenters. The molecule has 0 saturated carbocycles. The van der Waals surface area contributed by atoms with Crippen LogP contribution in [0.15, 0.2) is 48.5 Å². The first-order chi connectivity index (χ1) is 24.6. The highest BCUT2D eigenvalue weighted by atomic mass is 16.6. The lowest BCUT2D eigenvalue weighted by molar-refractivity contribution is -0.385. The summed E-state index contributed by atoms with van der Waals surface area (Å²) in [6, 6.07) is 11.5. The van der Waals surface area contributed by atoms with Crippen LogP contribution in [0, 0.1) is 24.0 Å². The molecule has 13 heteroatoms. The van der Waals surface area contributed by atoms with E-state index in [0.717, 1.165) is 17.2 Å². The molecule has 0 aromatic heterocycles. The summed E-state index contributed by atoms with van der Waals surface area (Å²) in [6.07, 6.45) is 0.0914. The summed E-state index contributed by atoms with van der Waals surface area (Å²) in [5, 5.41) is 12.6. The molecule has 1 amide bonds. The summed E-state index contributed by atoms with van der Waals surface area (Å²) >= 11 is 0. The van der Waals surface area contributed by atoms with E-state index in [0.29, 0.717) is 28.9 Å². The molecule has 0 saturated heterocycles. The van der Waals surface area contributed by atoms with Gasteiger partial charge in [-0.3, -0.25) is 19.7 Å². The third-order valence-electron chi connectivity index (χ3n) is 8.05. The minimum absolute atomic E-state index is 0.00844. The second kappa shape index (κ2) is 18.2. The van der Waals surface area contributed by atoms with Crippen LogP contribution in [0.1, 0.15) is 84.5 Å². The number of hydrogen-bond donors (Lipinski definition) is 0. The lowest BCUT2D eigenvalue weighted by Gasteiger charge is -2.41. The lowest BCUT2D eigenvalue weighted by atomic mass is 9.88. The Kier molecular flexibility index (Phi) is 14.3. The third-order valence-corrected chi connectivity index (χ3v) is 8.05. The highest BCUT2D eigenvalue weighted by Crippen LogP contribution is 2.38.